The lowest BCUT2D eigenvalue weighted by Crippen LogP contribution is -2.48. The fourth-order valence-corrected chi connectivity index (χ4v) is 2.52. The molecule has 126 valence electrons. The van der Waals surface area contributed by atoms with Gasteiger partial charge in [0.1, 0.15) is 5.75 Å². The molecule has 1 saturated heterocycles. The second kappa shape index (κ2) is 6.27. The van der Waals surface area contributed by atoms with E-state index in [2.05, 4.69) is 0 Å². The zero-order valence-corrected chi connectivity index (χ0v) is 12.5. The molecule has 1 fully saturated rings. The minimum atomic E-state index is -4.93. The summed E-state index contributed by atoms with van der Waals surface area (Å²) in [4.78, 5) is 23.9. The zero-order chi connectivity index (χ0) is 17.3. The van der Waals surface area contributed by atoms with Gasteiger partial charge in [0, 0.05) is 18.1 Å². The molecule has 1 unspecified atom stereocenters. The van der Waals surface area contributed by atoms with E-state index >= 15 is 0 Å². The number of carbonyl (C=O) groups is 2. The summed E-state index contributed by atoms with van der Waals surface area (Å²) in [6.07, 6.45) is -5.60. The van der Waals surface area contributed by atoms with Crippen LogP contribution in [0.5, 0.6) is 5.75 Å². The van der Waals surface area contributed by atoms with Gasteiger partial charge in [0.25, 0.3) is 5.91 Å². The van der Waals surface area contributed by atoms with Crippen LogP contribution in [0.3, 0.4) is 0 Å². The topological polar surface area (TPSA) is 66.8 Å². The smallest absolute Gasteiger partial charge is 0.406 e. The normalized spacial score (nSPS) is 21.3. The van der Waals surface area contributed by atoms with E-state index in [1.54, 1.807) is 18.2 Å². The Morgan fingerprint density at radius 3 is 2.61 bits per heavy atom. The summed E-state index contributed by atoms with van der Waals surface area (Å²) >= 11 is 5.74. The van der Waals surface area contributed by atoms with Gasteiger partial charge in [-0.1, -0.05) is 17.7 Å². The number of amides is 1. The molecule has 1 N–H and O–H groups in total. The van der Waals surface area contributed by atoms with E-state index in [0.29, 0.717) is 10.8 Å². The molecule has 5 nitrogen and oxygen atoms in total. The van der Waals surface area contributed by atoms with E-state index in [9.17, 15) is 22.8 Å². The van der Waals surface area contributed by atoms with Crippen LogP contribution in [-0.2, 0) is 9.59 Å². The van der Waals surface area contributed by atoms with Crippen LogP contribution < -0.4 is 4.74 Å². The number of carboxylic acid groups (broad SMARTS) is 1. The molecule has 0 bridgehead atoms. The molecular formula is C14H13ClF3NO4. The van der Waals surface area contributed by atoms with E-state index in [1.807, 2.05) is 0 Å². The van der Waals surface area contributed by atoms with Crippen LogP contribution in [0.4, 0.5) is 13.2 Å². The number of rotatable bonds is 4. The second-order valence-electron chi connectivity index (χ2n) is 5.20. The number of aliphatic carboxylic acids is 1. The molecule has 0 saturated carbocycles. The predicted octanol–water partition coefficient (Wildman–Crippen LogP) is 2.58. The lowest BCUT2D eigenvalue weighted by molar-refractivity contribution is -0.227. The van der Waals surface area contributed by atoms with Crippen molar-refractivity contribution in [2.75, 3.05) is 19.7 Å². The predicted molar refractivity (Wildman–Crippen MR) is 74.3 cm³/mol. The Kier molecular flexibility index (Phi) is 4.74. The highest BCUT2D eigenvalue weighted by Crippen LogP contribution is 2.45. The number of carbonyl (C=O) groups excluding carboxylic acids is 1. The Morgan fingerprint density at radius 2 is 2.09 bits per heavy atom. The molecule has 0 radical (unpaired) electrons. The number of nitrogens with zero attached hydrogens (tertiary/aromatic N) is 1. The summed E-state index contributed by atoms with van der Waals surface area (Å²) < 4.78 is 44.3. The van der Waals surface area contributed by atoms with E-state index in [0.717, 1.165) is 4.90 Å². The van der Waals surface area contributed by atoms with Gasteiger partial charge in [-0.05, 0) is 24.6 Å². The van der Waals surface area contributed by atoms with E-state index in [4.69, 9.17) is 21.4 Å². The first-order valence-corrected chi connectivity index (χ1v) is 7.00. The summed E-state index contributed by atoms with van der Waals surface area (Å²) in [6.45, 7) is -1.69. The molecule has 0 aromatic heterocycles. The molecule has 9 heteroatoms. The van der Waals surface area contributed by atoms with Gasteiger partial charge in [0.15, 0.2) is 12.0 Å². The maximum Gasteiger partial charge on any atom is 0.406 e. The fourth-order valence-electron chi connectivity index (χ4n) is 2.34. The molecule has 1 heterocycles. The number of hydrogen-bond donors (Lipinski definition) is 1. The van der Waals surface area contributed by atoms with Crippen LogP contribution in [0.15, 0.2) is 24.3 Å². The molecule has 1 aliphatic heterocycles. The molecule has 1 aromatic carbocycles. The number of carboxylic acids is 1. The van der Waals surface area contributed by atoms with Gasteiger partial charge in [0.05, 0.1) is 0 Å². The third kappa shape index (κ3) is 3.52. The number of alkyl halides is 3. The summed E-state index contributed by atoms with van der Waals surface area (Å²) in [5, 5.41) is 9.32. The highest BCUT2D eigenvalue weighted by Gasteiger charge is 2.64. The Balaban J connectivity index is 2.01. The van der Waals surface area contributed by atoms with E-state index < -0.39 is 43.0 Å². The first-order chi connectivity index (χ1) is 10.7. The van der Waals surface area contributed by atoms with Gasteiger partial charge in [-0.25, -0.2) is 0 Å². The van der Waals surface area contributed by atoms with Gasteiger partial charge in [0.2, 0.25) is 0 Å². The van der Waals surface area contributed by atoms with Crippen molar-refractivity contribution in [1.82, 2.24) is 4.90 Å². The summed E-state index contributed by atoms with van der Waals surface area (Å²) in [5.74, 6) is -2.39. The Morgan fingerprint density at radius 1 is 1.39 bits per heavy atom. The maximum absolute atomic E-state index is 13.0. The Hall–Kier alpha value is -1.96. The minimum Gasteiger partial charge on any atom is -0.484 e. The van der Waals surface area contributed by atoms with Crippen molar-refractivity contribution in [2.45, 2.75) is 12.6 Å². The lowest BCUT2D eigenvalue weighted by atomic mass is 9.86. The maximum atomic E-state index is 13.0. The van der Waals surface area contributed by atoms with Crippen molar-refractivity contribution < 1.29 is 32.6 Å². The van der Waals surface area contributed by atoms with Crippen LogP contribution in [0.1, 0.15) is 6.42 Å². The first-order valence-electron chi connectivity index (χ1n) is 6.62. The standard InChI is InChI=1S/C14H13ClF3NO4/c15-9-2-1-3-10(6-9)23-7-11(20)19-5-4-13(8-19,12(21)22)14(16,17)18/h1-3,6H,4-5,7-8H2,(H,21,22). The number of benzene rings is 1. The summed E-state index contributed by atoms with van der Waals surface area (Å²) in [6, 6.07) is 6.19. The van der Waals surface area contributed by atoms with Gasteiger partial charge in [-0.3, -0.25) is 9.59 Å². The van der Waals surface area contributed by atoms with Crippen molar-refractivity contribution in [3.63, 3.8) is 0 Å². The monoisotopic (exact) mass is 351 g/mol. The van der Waals surface area contributed by atoms with Gasteiger partial charge < -0.3 is 14.7 Å². The van der Waals surface area contributed by atoms with Crippen LogP contribution >= 0.6 is 11.6 Å². The molecule has 1 aromatic rings. The molecular weight excluding hydrogens is 339 g/mol. The first kappa shape index (κ1) is 17.4. The molecule has 0 aliphatic carbocycles. The average molecular weight is 352 g/mol. The SMILES string of the molecule is O=C(COc1cccc(Cl)c1)N1CCC(C(=O)O)(C(F)(F)F)C1. The molecule has 1 amide bonds. The quantitative estimate of drug-likeness (QED) is 0.905. The van der Waals surface area contributed by atoms with Crippen LogP contribution in [0.25, 0.3) is 0 Å². The van der Waals surface area contributed by atoms with Crippen molar-refractivity contribution in [2.24, 2.45) is 5.41 Å². The number of halogens is 4. The number of hydrogen-bond acceptors (Lipinski definition) is 3. The van der Waals surface area contributed by atoms with Gasteiger partial charge >= 0.3 is 12.1 Å². The number of likely N-dealkylation sites (tertiary alicyclic amines) is 1. The van der Waals surface area contributed by atoms with E-state index in [-0.39, 0.29) is 6.54 Å². The average Bonchev–Trinajstić information content (AvgIpc) is 2.91. The molecule has 0 spiro atoms. The van der Waals surface area contributed by atoms with Crippen LogP contribution in [0.2, 0.25) is 5.02 Å². The van der Waals surface area contributed by atoms with Crippen LogP contribution in [-0.4, -0.2) is 47.8 Å². The highest BCUT2D eigenvalue weighted by atomic mass is 35.5. The Labute approximate surface area is 134 Å². The Bertz CT molecular complexity index is 622. The highest BCUT2D eigenvalue weighted by molar-refractivity contribution is 6.30. The van der Waals surface area contributed by atoms with E-state index in [1.165, 1.54) is 6.07 Å². The molecule has 1 atom stereocenters. The van der Waals surface area contributed by atoms with Gasteiger partial charge in [-0.2, -0.15) is 13.2 Å². The van der Waals surface area contributed by atoms with Gasteiger partial charge in [-0.15, -0.1) is 0 Å². The largest absolute Gasteiger partial charge is 0.484 e. The fraction of sp³-hybridized carbons (Fsp3) is 0.429. The third-order valence-corrected chi connectivity index (χ3v) is 3.97. The summed E-state index contributed by atoms with van der Waals surface area (Å²) in [5.41, 5.74) is -2.92. The van der Waals surface area contributed by atoms with Crippen molar-refractivity contribution >= 4 is 23.5 Å². The van der Waals surface area contributed by atoms with Crippen LogP contribution in [0, 0.1) is 5.41 Å². The van der Waals surface area contributed by atoms with Crippen molar-refractivity contribution in [3.8, 4) is 5.75 Å². The molecule has 1 aliphatic rings. The minimum absolute atomic E-state index is 0.288. The lowest BCUT2D eigenvalue weighted by Gasteiger charge is -2.27. The second-order valence-corrected chi connectivity index (χ2v) is 5.63. The third-order valence-electron chi connectivity index (χ3n) is 3.73. The zero-order valence-electron chi connectivity index (χ0n) is 11.8. The molecule has 23 heavy (non-hydrogen) atoms. The molecule has 2 rings (SSSR count). The van der Waals surface area contributed by atoms with Crippen molar-refractivity contribution in [3.05, 3.63) is 29.3 Å². The number of ether oxygens (including phenoxy) is 1. The van der Waals surface area contributed by atoms with Crippen molar-refractivity contribution in [1.29, 1.82) is 0 Å². The summed E-state index contributed by atoms with van der Waals surface area (Å²) in [7, 11) is 0.